The number of benzene rings is 1. The van der Waals surface area contributed by atoms with Crippen LogP contribution in [-0.4, -0.2) is 32.6 Å². The van der Waals surface area contributed by atoms with E-state index in [0.29, 0.717) is 33.7 Å². The van der Waals surface area contributed by atoms with Crippen molar-refractivity contribution < 1.29 is 9.59 Å². The van der Waals surface area contributed by atoms with Gasteiger partial charge < -0.3 is 5.32 Å². The first-order valence-electron chi connectivity index (χ1n) is 7.63. The Balaban J connectivity index is 1.53. The number of anilines is 1. The molecule has 128 valence electrons. The Morgan fingerprint density at radius 2 is 2.12 bits per heavy atom. The van der Waals surface area contributed by atoms with Gasteiger partial charge in [-0.2, -0.15) is 0 Å². The van der Waals surface area contributed by atoms with Crippen LogP contribution in [0.5, 0.6) is 0 Å². The Morgan fingerprint density at radius 1 is 1.32 bits per heavy atom. The van der Waals surface area contributed by atoms with E-state index in [1.54, 1.807) is 16.5 Å². The first-order valence-corrected chi connectivity index (χ1v) is 9.74. The second-order valence-electron chi connectivity index (χ2n) is 5.23. The molecule has 1 aromatic carbocycles. The van der Waals surface area contributed by atoms with Gasteiger partial charge >= 0.3 is 0 Å². The van der Waals surface area contributed by atoms with Crippen molar-refractivity contribution >= 4 is 62.7 Å². The zero-order chi connectivity index (χ0) is 17.6. The van der Waals surface area contributed by atoms with Gasteiger partial charge in [0.1, 0.15) is 4.32 Å². The van der Waals surface area contributed by atoms with Gasteiger partial charge in [0.15, 0.2) is 5.13 Å². The molecule has 2 amide bonds. The van der Waals surface area contributed by atoms with E-state index >= 15 is 0 Å². The molecule has 8 heteroatoms. The summed E-state index contributed by atoms with van der Waals surface area (Å²) in [7, 11) is 0. The van der Waals surface area contributed by atoms with Crippen LogP contribution >= 0.6 is 35.3 Å². The molecule has 1 aliphatic rings. The minimum absolute atomic E-state index is 0.0980. The lowest BCUT2D eigenvalue weighted by Crippen LogP contribution is -2.29. The van der Waals surface area contributed by atoms with Crippen molar-refractivity contribution in [3.63, 3.8) is 0 Å². The van der Waals surface area contributed by atoms with Gasteiger partial charge in [-0.25, -0.2) is 4.98 Å². The predicted molar refractivity (Wildman–Crippen MR) is 106 cm³/mol. The summed E-state index contributed by atoms with van der Waals surface area (Å²) < 4.78 is 0.535. The van der Waals surface area contributed by atoms with E-state index in [9.17, 15) is 9.59 Å². The highest BCUT2D eigenvalue weighted by atomic mass is 32.2. The van der Waals surface area contributed by atoms with E-state index in [4.69, 9.17) is 12.2 Å². The second-order valence-corrected chi connectivity index (χ2v) is 7.80. The van der Waals surface area contributed by atoms with Crippen LogP contribution in [0.1, 0.15) is 18.4 Å². The fraction of sp³-hybridized carbons (Fsp3) is 0.176. The minimum atomic E-state index is -0.111. The highest BCUT2D eigenvalue weighted by Crippen LogP contribution is 2.32. The molecule has 0 unspecified atom stereocenters. The molecule has 0 saturated carbocycles. The maximum absolute atomic E-state index is 12.5. The van der Waals surface area contributed by atoms with Crippen molar-refractivity contribution in [3.8, 4) is 0 Å². The van der Waals surface area contributed by atoms with Gasteiger partial charge in [0.25, 0.3) is 5.91 Å². The quantitative estimate of drug-likeness (QED) is 0.602. The highest BCUT2D eigenvalue weighted by molar-refractivity contribution is 8.26. The molecule has 1 N–H and O–H groups in total. The number of hydrogen-bond donors (Lipinski definition) is 1. The van der Waals surface area contributed by atoms with E-state index in [1.165, 1.54) is 23.1 Å². The largest absolute Gasteiger partial charge is 0.302 e. The van der Waals surface area contributed by atoms with Gasteiger partial charge in [-0.3, -0.25) is 14.5 Å². The number of hydrogen-bond acceptors (Lipinski definition) is 6. The third-order valence-corrected chi connectivity index (χ3v) is 5.50. The summed E-state index contributed by atoms with van der Waals surface area (Å²) in [5.41, 5.74) is 0.964. The fourth-order valence-electron chi connectivity index (χ4n) is 2.26. The van der Waals surface area contributed by atoms with Gasteiger partial charge in [0, 0.05) is 24.5 Å². The van der Waals surface area contributed by atoms with Crippen molar-refractivity contribution in [2.75, 3.05) is 11.9 Å². The molecule has 3 rings (SSSR count). The average Bonchev–Trinajstić information content (AvgIpc) is 3.19. The van der Waals surface area contributed by atoms with Gasteiger partial charge in [0.2, 0.25) is 5.91 Å². The first kappa shape index (κ1) is 17.8. The lowest BCUT2D eigenvalue weighted by molar-refractivity contribution is -0.122. The van der Waals surface area contributed by atoms with Crippen LogP contribution in [0.25, 0.3) is 6.08 Å². The van der Waals surface area contributed by atoms with E-state index in [1.807, 2.05) is 36.4 Å². The number of carbonyl (C=O) groups is 2. The number of nitrogens with zero attached hydrogens (tertiary/aromatic N) is 2. The topological polar surface area (TPSA) is 62.3 Å². The molecule has 0 bridgehead atoms. The number of carbonyl (C=O) groups excluding carboxylic acids is 2. The van der Waals surface area contributed by atoms with Crippen LogP contribution in [0, 0.1) is 0 Å². The van der Waals surface area contributed by atoms with E-state index in [0.717, 1.165) is 5.56 Å². The maximum Gasteiger partial charge on any atom is 0.266 e. The smallest absolute Gasteiger partial charge is 0.266 e. The van der Waals surface area contributed by atoms with Crippen LogP contribution in [-0.2, 0) is 9.59 Å². The molecular formula is C17H15N3O2S3. The molecular weight excluding hydrogens is 374 g/mol. The molecule has 25 heavy (non-hydrogen) atoms. The summed E-state index contributed by atoms with van der Waals surface area (Å²) in [4.78, 5) is 30.5. The first-order chi connectivity index (χ1) is 12.1. The minimum Gasteiger partial charge on any atom is -0.302 e. The number of rotatable bonds is 6. The molecule has 1 aliphatic heterocycles. The van der Waals surface area contributed by atoms with Crippen LogP contribution in [0.3, 0.4) is 0 Å². The normalized spacial score (nSPS) is 15.8. The lowest BCUT2D eigenvalue weighted by atomic mass is 10.2. The monoisotopic (exact) mass is 389 g/mol. The molecule has 1 saturated heterocycles. The molecule has 0 spiro atoms. The summed E-state index contributed by atoms with van der Waals surface area (Å²) in [5, 5.41) is 5.11. The Morgan fingerprint density at radius 3 is 2.84 bits per heavy atom. The molecule has 2 heterocycles. The molecule has 0 atom stereocenters. The maximum atomic E-state index is 12.5. The third kappa shape index (κ3) is 4.75. The Hall–Kier alpha value is -2.03. The van der Waals surface area contributed by atoms with Gasteiger partial charge in [-0.1, -0.05) is 54.3 Å². The SMILES string of the molecule is O=C(CCCN1C(=O)C(=Cc2ccccc2)SC1=S)Nc1nccs1. The number of thiazole rings is 1. The van der Waals surface area contributed by atoms with Gasteiger partial charge in [0.05, 0.1) is 4.91 Å². The Labute approximate surface area is 159 Å². The van der Waals surface area contributed by atoms with Crippen molar-refractivity contribution in [1.29, 1.82) is 0 Å². The van der Waals surface area contributed by atoms with Crippen molar-refractivity contribution in [1.82, 2.24) is 9.88 Å². The number of aromatic nitrogens is 1. The number of nitrogens with one attached hydrogen (secondary N) is 1. The molecule has 1 fully saturated rings. The van der Waals surface area contributed by atoms with Crippen LogP contribution in [0.15, 0.2) is 46.8 Å². The standard InChI is InChI=1S/C17H15N3O2S3/c21-14(19-16-18-8-10-24-16)7-4-9-20-15(22)13(25-17(20)23)11-12-5-2-1-3-6-12/h1-3,5-6,8,10-11H,4,7,9H2,(H,18,19,21). The van der Waals surface area contributed by atoms with Crippen LogP contribution in [0.2, 0.25) is 0 Å². The number of amides is 2. The summed E-state index contributed by atoms with van der Waals surface area (Å²) in [5.74, 6) is -0.209. The van der Waals surface area contributed by atoms with E-state index in [2.05, 4.69) is 10.3 Å². The highest BCUT2D eigenvalue weighted by Gasteiger charge is 2.31. The van der Waals surface area contributed by atoms with Crippen LogP contribution in [0.4, 0.5) is 5.13 Å². The van der Waals surface area contributed by atoms with Crippen LogP contribution < -0.4 is 5.32 Å². The third-order valence-electron chi connectivity index (χ3n) is 3.44. The average molecular weight is 390 g/mol. The molecule has 2 aromatic rings. The zero-order valence-corrected chi connectivity index (χ0v) is 15.6. The van der Waals surface area contributed by atoms with E-state index in [-0.39, 0.29) is 11.8 Å². The predicted octanol–water partition coefficient (Wildman–Crippen LogP) is 3.76. The number of thiocarbonyl (C=S) groups is 1. The molecule has 5 nitrogen and oxygen atoms in total. The second kappa shape index (κ2) is 8.37. The lowest BCUT2D eigenvalue weighted by Gasteiger charge is -2.13. The number of thioether (sulfide) groups is 1. The fourth-order valence-corrected chi connectivity index (χ4v) is 4.11. The van der Waals surface area contributed by atoms with Crippen molar-refractivity contribution in [3.05, 3.63) is 52.4 Å². The molecule has 0 radical (unpaired) electrons. The molecule has 0 aliphatic carbocycles. The van der Waals surface area contributed by atoms with Gasteiger partial charge in [-0.05, 0) is 18.1 Å². The summed E-state index contributed by atoms with van der Waals surface area (Å²) in [6.07, 6.45) is 4.34. The summed E-state index contributed by atoms with van der Waals surface area (Å²) in [6.45, 7) is 0.433. The van der Waals surface area contributed by atoms with Crippen molar-refractivity contribution in [2.24, 2.45) is 0 Å². The van der Waals surface area contributed by atoms with E-state index < -0.39 is 0 Å². The molecule has 1 aromatic heterocycles. The van der Waals surface area contributed by atoms with Crippen molar-refractivity contribution in [2.45, 2.75) is 12.8 Å². The Bertz CT molecular complexity index is 804. The zero-order valence-electron chi connectivity index (χ0n) is 13.2. The van der Waals surface area contributed by atoms with Gasteiger partial charge in [-0.15, -0.1) is 11.3 Å². The Kier molecular flexibility index (Phi) is 5.95. The summed E-state index contributed by atoms with van der Waals surface area (Å²) >= 11 is 7.97. The summed E-state index contributed by atoms with van der Waals surface area (Å²) in [6, 6.07) is 9.66.